The molecule has 0 heterocycles. The minimum absolute atomic E-state index is 0.0588. The van der Waals surface area contributed by atoms with Crippen LogP contribution in [0.15, 0.2) is 23.7 Å². The van der Waals surface area contributed by atoms with E-state index in [1.807, 2.05) is 0 Å². The highest BCUT2D eigenvalue weighted by atomic mass is 79.9. The molecule has 0 spiro atoms. The Balaban J connectivity index is 2.95. The minimum Gasteiger partial charge on any atom is -0.515 e. The highest BCUT2D eigenvalue weighted by Gasteiger charge is 2.24. The molecule has 0 aromatic carbocycles. The zero-order valence-corrected chi connectivity index (χ0v) is 8.17. The lowest BCUT2D eigenvalue weighted by Crippen LogP contribution is -2.17. The standard InChI is InChI=1S/C8H9BrO3/c1-12-7-3-6(9)2-5(4-10)8(7)11/h3-4,6,10H,2H2,1H3. The van der Waals surface area contributed by atoms with E-state index >= 15 is 0 Å². The Morgan fingerprint density at radius 3 is 3.00 bits per heavy atom. The SMILES string of the molecule is COC1=CC(Br)CC(=CO)C1=O. The van der Waals surface area contributed by atoms with Gasteiger partial charge in [-0.25, -0.2) is 0 Å². The summed E-state index contributed by atoms with van der Waals surface area (Å²) in [6.07, 6.45) is 3.03. The van der Waals surface area contributed by atoms with Crippen molar-refractivity contribution in [1.29, 1.82) is 0 Å². The van der Waals surface area contributed by atoms with Crippen LogP contribution in [0.3, 0.4) is 0 Å². The molecule has 0 saturated carbocycles. The Morgan fingerprint density at radius 1 is 1.83 bits per heavy atom. The number of allylic oxidation sites excluding steroid dienone is 2. The maximum Gasteiger partial charge on any atom is 0.226 e. The van der Waals surface area contributed by atoms with Gasteiger partial charge in [-0.2, -0.15) is 0 Å². The molecule has 1 unspecified atom stereocenters. The van der Waals surface area contributed by atoms with E-state index in [0.29, 0.717) is 12.0 Å². The summed E-state index contributed by atoms with van der Waals surface area (Å²) >= 11 is 3.32. The first-order valence-electron chi connectivity index (χ1n) is 3.47. The summed E-state index contributed by atoms with van der Waals surface area (Å²) in [5.74, 6) is 0.0409. The number of halogens is 1. The second-order valence-corrected chi connectivity index (χ2v) is 3.61. The van der Waals surface area contributed by atoms with Crippen LogP contribution < -0.4 is 0 Å². The molecule has 0 aliphatic heterocycles. The third kappa shape index (κ3) is 1.69. The van der Waals surface area contributed by atoms with Crippen LogP contribution in [0.1, 0.15) is 6.42 Å². The molecule has 0 radical (unpaired) electrons. The van der Waals surface area contributed by atoms with Gasteiger partial charge >= 0.3 is 0 Å². The molecule has 1 rings (SSSR count). The fourth-order valence-corrected chi connectivity index (χ4v) is 1.62. The number of alkyl halides is 1. The lowest BCUT2D eigenvalue weighted by Gasteiger charge is -2.16. The second kappa shape index (κ2) is 3.76. The van der Waals surface area contributed by atoms with Crippen molar-refractivity contribution in [2.45, 2.75) is 11.2 Å². The highest BCUT2D eigenvalue weighted by Crippen LogP contribution is 2.24. The van der Waals surface area contributed by atoms with Gasteiger partial charge in [0.05, 0.1) is 13.4 Å². The van der Waals surface area contributed by atoms with Gasteiger partial charge in [0.25, 0.3) is 0 Å². The Morgan fingerprint density at radius 2 is 2.50 bits per heavy atom. The van der Waals surface area contributed by atoms with E-state index in [-0.39, 0.29) is 16.4 Å². The summed E-state index contributed by atoms with van der Waals surface area (Å²) < 4.78 is 4.84. The van der Waals surface area contributed by atoms with Crippen molar-refractivity contribution in [3.05, 3.63) is 23.7 Å². The van der Waals surface area contributed by atoms with Gasteiger partial charge in [-0.3, -0.25) is 4.79 Å². The minimum atomic E-state index is -0.240. The summed E-state index contributed by atoms with van der Waals surface area (Å²) in [4.78, 5) is 11.3. The van der Waals surface area contributed by atoms with E-state index in [1.165, 1.54) is 7.11 Å². The van der Waals surface area contributed by atoms with Crippen molar-refractivity contribution in [3.8, 4) is 0 Å². The largest absolute Gasteiger partial charge is 0.515 e. The van der Waals surface area contributed by atoms with Crippen LogP contribution in [0.2, 0.25) is 0 Å². The molecule has 1 N–H and O–H groups in total. The van der Waals surface area contributed by atoms with Gasteiger partial charge in [0, 0.05) is 10.4 Å². The van der Waals surface area contributed by atoms with Gasteiger partial charge in [0.1, 0.15) is 0 Å². The Hall–Kier alpha value is -0.770. The lowest BCUT2D eigenvalue weighted by molar-refractivity contribution is -0.115. The van der Waals surface area contributed by atoms with Gasteiger partial charge < -0.3 is 9.84 Å². The molecular weight excluding hydrogens is 224 g/mol. The van der Waals surface area contributed by atoms with Gasteiger partial charge in [0.15, 0.2) is 5.76 Å². The van der Waals surface area contributed by atoms with Crippen LogP contribution in [0, 0.1) is 0 Å². The Labute approximate surface area is 78.8 Å². The van der Waals surface area contributed by atoms with Crippen molar-refractivity contribution in [1.82, 2.24) is 0 Å². The second-order valence-electron chi connectivity index (χ2n) is 2.44. The average molecular weight is 233 g/mol. The first-order valence-corrected chi connectivity index (χ1v) is 4.38. The summed E-state index contributed by atoms with van der Waals surface area (Å²) in [5.41, 5.74) is 0.372. The number of ether oxygens (including phenoxy) is 1. The third-order valence-electron chi connectivity index (χ3n) is 1.64. The van der Waals surface area contributed by atoms with E-state index in [4.69, 9.17) is 9.84 Å². The van der Waals surface area contributed by atoms with Gasteiger partial charge in [0.2, 0.25) is 5.78 Å². The topological polar surface area (TPSA) is 46.5 Å². The van der Waals surface area contributed by atoms with Gasteiger partial charge in [-0.15, -0.1) is 0 Å². The smallest absolute Gasteiger partial charge is 0.226 e. The van der Waals surface area contributed by atoms with E-state index in [9.17, 15) is 4.79 Å². The van der Waals surface area contributed by atoms with Crippen LogP contribution in [0.4, 0.5) is 0 Å². The molecule has 66 valence electrons. The number of aliphatic hydroxyl groups excluding tert-OH is 1. The van der Waals surface area contributed by atoms with Crippen LogP contribution in [-0.4, -0.2) is 22.8 Å². The number of carbonyl (C=O) groups excluding carboxylic acids is 1. The number of Topliss-reactive ketones (excluding diaryl/α,β-unsaturated/α-hetero) is 1. The average Bonchev–Trinajstić information content (AvgIpc) is 2.08. The van der Waals surface area contributed by atoms with Crippen molar-refractivity contribution >= 4 is 21.7 Å². The maximum atomic E-state index is 11.3. The lowest BCUT2D eigenvalue weighted by atomic mass is 9.99. The quantitative estimate of drug-likeness (QED) is 0.426. The number of rotatable bonds is 1. The Bertz CT molecular complexity index is 255. The molecular formula is C8H9BrO3. The zero-order chi connectivity index (χ0) is 9.14. The van der Waals surface area contributed by atoms with Crippen molar-refractivity contribution in [2.24, 2.45) is 0 Å². The summed E-state index contributed by atoms with van der Waals surface area (Å²) in [5, 5.41) is 8.71. The maximum absolute atomic E-state index is 11.3. The van der Waals surface area contributed by atoms with Crippen molar-refractivity contribution < 1.29 is 14.6 Å². The molecule has 1 aliphatic rings. The molecule has 0 saturated heterocycles. The molecule has 4 heteroatoms. The number of hydrogen-bond acceptors (Lipinski definition) is 3. The summed E-state index contributed by atoms with van der Waals surface area (Å²) in [6.45, 7) is 0. The third-order valence-corrected chi connectivity index (χ3v) is 2.23. The monoisotopic (exact) mass is 232 g/mol. The first kappa shape index (κ1) is 9.32. The predicted octanol–water partition coefficient (Wildman–Crippen LogP) is 1.69. The van der Waals surface area contributed by atoms with Crippen LogP contribution in [-0.2, 0) is 9.53 Å². The molecule has 0 bridgehead atoms. The molecule has 1 aliphatic carbocycles. The van der Waals surface area contributed by atoms with E-state index in [1.54, 1.807) is 6.08 Å². The molecule has 12 heavy (non-hydrogen) atoms. The van der Waals surface area contributed by atoms with Crippen LogP contribution in [0.5, 0.6) is 0 Å². The molecule has 3 nitrogen and oxygen atoms in total. The van der Waals surface area contributed by atoms with Gasteiger partial charge in [-0.05, 0) is 12.5 Å². The van der Waals surface area contributed by atoms with E-state index in [0.717, 1.165) is 6.26 Å². The van der Waals surface area contributed by atoms with Crippen molar-refractivity contribution in [3.63, 3.8) is 0 Å². The first-order chi connectivity index (χ1) is 5.69. The number of hydrogen-bond donors (Lipinski definition) is 1. The molecule has 0 amide bonds. The highest BCUT2D eigenvalue weighted by molar-refractivity contribution is 9.09. The van der Waals surface area contributed by atoms with Crippen molar-refractivity contribution in [2.75, 3.05) is 7.11 Å². The fraction of sp³-hybridized carbons (Fsp3) is 0.375. The summed E-state index contributed by atoms with van der Waals surface area (Å²) in [7, 11) is 1.43. The zero-order valence-electron chi connectivity index (χ0n) is 6.58. The fourth-order valence-electron chi connectivity index (χ4n) is 1.03. The summed E-state index contributed by atoms with van der Waals surface area (Å²) in [6, 6.07) is 0. The number of aliphatic hydroxyl groups is 1. The normalized spacial score (nSPS) is 27.2. The van der Waals surface area contributed by atoms with E-state index < -0.39 is 0 Å². The molecule has 0 aromatic heterocycles. The predicted molar refractivity (Wildman–Crippen MR) is 48.1 cm³/mol. The molecule has 0 fully saturated rings. The number of ketones is 1. The number of methoxy groups -OCH3 is 1. The van der Waals surface area contributed by atoms with Crippen LogP contribution in [0.25, 0.3) is 0 Å². The Kier molecular flexibility index (Phi) is 2.92. The van der Waals surface area contributed by atoms with Crippen LogP contribution >= 0.6 is 15.9 Å². The molecule has 1 atom stereocenters. The van der Waals surface area contributed by atoms with Gasteiger partial charge in [-0.1, -0.05) is 15.9 Å². The van der Waals surface area contributed by atoms with E-state index in [2.05, 4.69) is 15.9 Å². The number of carbonyl (C=O) groups is 1. The molecule has 0 aromatic rings.